The highest BCUT2D eigenvalue weighted by Gasteiger charge is 2.30. The van der Waals surface area contributed by atoms with Gasteiger partial charge in [-0.25, -0.2) is 0 Å². The van der Waals surface area contributed by atoms with E-state index in [4.69, 9.17) is 0 Å². The number of carboxylic acid groups (broad SMARTS) is 2. The lowest BCUT2D eigenvalue weighted by Crippen LogP contribution is -2.27. The van der Waals surface area contributed by atoms with Gasteiger partial charge in [-0.3, -0.25) is 9.59 Å². The van der Waals surface area contributed by atoms with Crippen molar-refractivity contribution < 1.29 is 19.8 Å². The minimum atomic E-state index is -0.678. The maximum absolute atomic E-state index is 12.2. The first kappa shape index (κ1) is 31.9. The smallest absolute Gasteiger partial charge is 0.306 e. The average molecular weight is 469 g/mol. The molecule has 0 fully saturated rings. The van der Waals surface area contributed by atoms with Crippen LogP contribution in [-0.4, -0.2) is 22.2 Å². The molecule has 0 saturated carbocycles. The number of hydrogen-bond acceptors (Lipinski definition) is 2. The molecule has 0 aromatic heterocycles. The molecule has 33 heavy (non-hydrogen) atoms. The Hall–Kier alpha value is -1.06. The summed E-state index contributed by atoms with van der Waals surface area (Å²) in [4.78, 5) is 24.4. The Morgan fingerprint density at radius 1 is 0.455 bits per heavy atom. The van der Waals surface area contributed by atoms with Crippen molar-refractivity contribution in [2.75, 3.05) is 0 Å². The van der Waals surface area contributed by atoms with E-state index >= 15 is 0 Å². The molecule has 0 spiro atoms. The summed E-state index contributed by atoms with van der Waals surface area (Å²) >= 11 is 0. The van der Waals surface area contributed by atoms with Crippen molar-refractivity contribution in [3.05, 3.63) is 0 Å². The summed E-state index contributed by atoms with van der Waals surface area (Å²) in [5, 5.41) is 20.0. The minimum absolute atomic E-state index is 0.230. The lowest BCUT2D eigenvalue weighted by molar-refractivity contribution is -0.144. The highest BCUT2D eigenvalue weighted by atomic mass is 16.4. The average Bonchev–Trinajstić information content (AvgIpc) is 2.77. The molecule has 196 valence electrons. The zero-order valence-electron chi connectivity index (χ0n) is 22.5. The molecule has 2 N–H and O–H groups in total. The molecule has 0 rings (SSSR count). The molecular formula is C29H56O4. The summed E-state index contributed by atoms with van der Waals surface area (Å²) in [7, 11) is 0. The fourth-order valence-electron chi connectivity index (χ4n) is 5.40. The van der Waals surface area contributed by atoms with Crippen LogP contribution in [-0.2, 0) is 9.59 Å². The zero-order chi connectivity index (χ0) is 24.9. The molecule has 4 nitrogen and oxygen atoms in total. The normalized spacial score (nSPS) is 13.5. The molecule has 2 unspecified atom stereocenters. The molecule has 0 bridgehead atoms. The maximum Gasteiger partial charge on any atom is 0.306 e. The molecule has 0 heterocycles. The van der Waals surface area contributed by atoms with Crippen LogP contribution in [0.25, 0.3) is 0 Å². The predicted molar refractivity (Wildman–Crippen MR) is 140 cm³/mol. The first-order valence-corrected chi connectivity index (χ1v) is 14.4. The summed E-state index contributed by atoms with van der Waals surface area (Å²) in [5.41, 5.74) is 0. The van der Waals surface area contributed by atoms with Gasteiger partial charge < -0.3 is 10.2 Å². The Morgan fingerprint density at radius 3 is 0.939 bits per heavy atom. The highest BCUT2D eigenvalue weighted by Crippen LogP contribution is 2.33. The van der Waals surface area contributed by atoms with E-state index in [1.165, 1.54) is 0 Å². The van der Waals surface area contributed by atoms with Gasteiger partial charge in [0.15, 0.2) is 0 Å². The number of aliphatic carboxylic acids is 2. The van der Waals surface area contributed by atoms with Crippen LogP contribution in [0.2, 0.25) is 0 Å². The molecule has 2 atom stereocenters. The fourth-order valence-corrected chi connectivity index (χ4v) is 5.40. The molecule has 0 saturated heterocycles. The third-order valence-corrected chi connectivity index (χ3v) is 7.52. The van der Waals surface area contributed by atoms with Crippen LogP contribution in [0.3, 0.4) is 0 Å². The number of unbranched alkanes of at least 4 members (excludes halogenated alkanes) is 8. The van der Waals surface area contributed by atoms with E-state index in [9.17, 15) is 19.8 Å². The molecule has 0 aliphatic rings. The van der Waals surface area contributed by atoms with Gasteiger partial charge in [-0.1, -0.05) is 111 Å². The molecule has 0 amide bonds. The number of hydrogen-bond donors (Lipinski definition) is 2. The van der Waals surface area contributed by atoms with E-state index in [1.54, 1.807) is 0 Å². The largest absolute Gasteiger partial charge is 0.481 e. The molecule has 0 radical (unpaired) electrons. The Morgan fingerprint density at radius 2 is 0.727 bits per heavy atom. The summed E-state index contributed by atoms with van der Waals surface area (Å²) in [6, 6.07) is 0. The topological polar surface area (TPSA) is 74.6 Å². The first-order chi connectivity index (χ1) is 15.9. The third kappa shape index (κ3) is 15.5. The molecule has 0 aromatic rings. The van der Waals surface area contributed by atoms with Gasteiger partial charge in [0.25, 0.3) is 0 Å². The van der Waals surface area contributed by atoms with Crippen LogP contribution in [0.5, 0.6) is 0 Å². The van der Waals surface area contributed by atoms with Crippen LogP contribution in [0.4, 0.5) is 0 Å². The lowest BCUT2D eigenvalue weighted by Gasteiger charge is -2.27. The number of carboxylic acids is 2. The highest BCUT2D eigenvalue weighted by molar-refractivity contribution is 5.71. The van der Waals surface area contributed by atoms with Gasteiger partial charge >= 0.3 is 11.9 Å². The van der Waals surface area contributed by atoms with Gasteiger partial charge in [-0.05, 0) is 50.4 Å². The van der Waals surface area contributed by atoms with Crippen molar-refractivity contribution in [2.45, 2.75) is 150 Å². The zero-order valence-corrected chi connectivity index (χ0v) is 22.5. The maximum atomic E-state index is 12.2. The van der Waals surface area contributed by atoms with Gasteiger partial charge in [0.05, 0.1) is 11.8 Å². The van der Waals surface area contributed by atoms with Gasteiger partial charge in [0, 0.05) is 0 Å². The molecule has 4 heteroatoms. The van der Waals surface area contributed by atoms with E-state index < -0.39 is 11.9 Å². The van der Waals surface area contributed by atoms with Crippen molar-refractivity contribution in [1.82, 2.24) is 0 Å². The van der Waals surface area contributed by atoms with E-state index in [0.29, 0.717) is 19.3 Å². The van der Waals surface area contributed by atoms with E-state index in [2.05, 4.69) is 27.7 Å². The van der Waals surface area contributed by atoms with Gasteiger partial charge in [-0.2, -0.15) is 0 Å². The Bertz CT molecular complexity index is 414. The summed E-state index contributed by atoms with van der Waals surface area (Å²) < 4.78 is 0. The fraction of sp³-hybridized carbons (Fsp3) is 0.931. The Kier molecular flexibility index (Phi) is 20.8. The van der Waals surface area contributed by atoms with E-state index in [0.717, 1.165) is 103 Å². The van der Waals surface area contributed by atoms with Crippen LogP contribution < -0.4 is 0 Å². The van der Waals surface area contributed by atoms with Crippen molar-refractivity contribution >= 4 is 11.9 Å². The summed E-state index contributed by atoms with van der Waals surface area (Å²) in [6.07, 6.45) is 19.6. The Labute approximate surface area is 205 Å². The summed E-state index contributed by atoms with van der Waals surface area (Å²) in [5.74, 6) is -1.55. The lowest BCUT2D eigenvalue weighted by atomic mass is 9.78. The molecule has 0 aliphatic heterocycles. The standard InChI is InChI=1S/C29H56O4/c1-5-9-13-18-24(19-14-10-6-2)26(28(30)31)22-17-23-27(29(32)33)25(20-15-11-7-3)21-16-12-8-4/h24-27H,5-23H2,1-4H3,(H,30,31)(H,32,33). The van der Waals surface area contributed by atoms with Gasteiger partial charge in [-0.15, -0.1) is 0 Å². The van der Waals surface area contributed by atoms with E-state index in [1.807, 2.05) is 0 Å². The van der Waals surface area contributed by atoms with Crippen molar-refractivity contribution in [1.29, 1.82) is 0 Å². The number of carbonyl (C=O) groups is 2. The van der Waals surface area contributed by atoms with Crippen molar-refractivity contribution in [3.8, 4) is 0 Å². The third-order valence-electron chi connectivity index (χ3n) is 7.52. The van der Waals surface area contributed by atoms with Crippen LogP contribution in [0, 0.1) is 23.7 Å². The van der Waals surface area contributed by atoms with Crippen LogP contribution in [0.1, 0.15) is 150 Å². The van der Waals surface area contributed by atoms with E-state index in [-0.39, 0.29) is 23.7 Å². The van der Waals surface area contributed by atoms with Gasteiger partial charge in [0.2, 0.25) is 0 Å². The van der Waals surface area contributed by atoms with Crippen molar-refractivity contribution in [3.63, 3.8) is 0 Å². The molecule has 0 aromatic carbocycles. The van der Waals surface area contributed by atoms with Crippen molar-refractivity contribution in [2.24, 2.45) is 23.7 Å². The Balaban J connectivity index is 5.10. The first-order valence-electron chi connectivity index (χ1n) is 14.4. The second-order valence-corrected chi connectivity index (χ2v) is 10.3. The molecule has 0 aliphatic carbocycles. The van der Waals surface area contributed by atoms with Crippen LogP contribution in [0.15, 0.2) is 0 Å². The number of rotatable bonds is 24. The second-order valence-electron chi connectivity index (χ2n) is 10.3. The molecular weight excluding hydrogens is 412 g/mol. The minimum Gasteiger partial charge on any atom is -0.481 e. The monoisotopic (exact) mass is 468 g/mol. The predicted octanol–water partition coefficient (Wildman–Crippen LogP) is 9.11. The quantitative estimate of drug-likeness (QED) is 0.138. The summed E-state index contributed by atoms with van der Waals surface area (Å²) in [6.45, 7) is 8.74. The SMILES string of the molecule is CCCCCC(CCCCC)C(CCCC(C(=O)O)C(CCCCC)CCCCC)C(=O)O. The van der Waals surface area contributed by atoms with Gasteiger partial charge in [0.1, 0.15) is 0 Å². The second kappa shape index (κ2) is 21.5. The van der Waals surface area contributed by atoms with Crippen LogP contribution >= 0.6 is 0 Å².